The van der Waals surface area contributed by atoms with Crippen LogP contribution in [-0.4, -0.2) is 47.5 Å². The largest absolute Gasteiger partial charge is 0.590 e. The van der Waals surface area contributed by atoms with Crippen LogP contribution in [0.25, 0.3) is 0 Å². The van der Waals surface area contributed by atoms with Gasteiger partial charge in [-0.2, -0.15) is 0 Å². The van der Waals surface area contributed by atoms with Gasteiger partial charge in [0.25, 0.3) is 8.32 Å². The molecule has 0 saturated carbocycles. The standard InChI is InChI=1S/C9H22O4Si3/c1-10-16(11-2,12-3)9-8-15(6,7)13-14(4)5/h14H,1-7H3. The highest BCUT2D eigenvalue weighted by Gasteiger charge is 2.37. The predicted molar refractivity (Wildman–Crippen MR) is 72.0 cm³/mol. The molecule has 0 aliphatic heterocycles. The van der Waals surface area contributed by atoms with Crippen molar-refractivity contribution in [2.45, 2.75) is 26.2 Å². The Morgan fingerprint density at radius 3 is 1.62 bits per heavy atom. The molecule has 0 aromatic heterocycles. The van der Waals surface area contributed by atoms with Crippen LogP contribution in [0.15, 0.2) is 0 Å². The first-order chi connectivity index (χ1) is 7.31. The smallest absolute Gasteiger partial charge is 0.450 e. The minimum atomic E-state index is -2.77. The molecular weight excluding hydrogens is 256 g/mol. The van der Waals surface area contributed by atoms with Crippen LogP contribution in [0.2, 0.25) is 26.2 Å². The quantitative estimate of drug-likeness (QED) is 0.558. The van der Waals surface area contributed by atoms with Crippen molar-refractivity contribution >= 4 is 26.2 Å². The summed E-state index contributed by atoms with van der Waals surface area (Å²) >= 11 is 0. The second-order valence-corrected chi connectivity index (χ2v) is 13.0. The van der Waals surface area contributed by atoms with Crippen LogP contribution in [-0.2, 0) is 17.4 Å². The summed E-state index contributed by atoms with van der Waals surface area (Å²) in [6, 6.07) is 0. The highest BCUT2D eigenvalue weighted by atomic mass is 28.4. The first-order valence-electron chi connectivity index (χ1n) is 5.18. The van der Waals surface area contributed by atoms with Gasteiger partial charge in [-0.05, 0) is 31.7 Å². The van der Waals surface area contributed by atoms with E-state index in [4.69, 9.17) is 17.4 Å². The number of hydrogen-bond acceptors (Lipinski definition) is 4. The Labute approximate surface area is 102 Å². The third kappa shape index (κ3) is 5.40. The maximum Gasteiger partial charge on any atom is 0.590 e. The predicted octanol–water partition coefficient (Wildman–Crippen LogP) is 1.15. The zero-order chi connectivity index (χ0) is 12.8. The molecule has 0 N–H and O–H groups in total. The van der Waals surface area contributed by atoms with Crippen molar-refractivity contribution in [1.82, 2.24) is 0 Å². The Balaban J connectivity index is 4.79. The van der Waals surface area contributed by atoms with Crippen LogP contribution in [0.5, 0.6) is 0 Å². The average Bonchev–Trinajstić information content (AvgIpc) is 2.19. The summed E-state index contributed by atoms with van der Waals surface area (Å²) in [5, 5.41) is 0. The second-order valence-electron chi connectivity index (χ2n) is 4.10. The average molecular weight is 279 g/mol. The minimum absolute atomic E-state index is 1.06. The molecule has 0 spiro atoms. The fourth-order valence-corrected chi connectivity index (χ4v) is 8.82. The van der Waals surface area contributed by atoms with E-state index in [1.165, 1.54) is 0 Å². The molecule has 0 atom stereocenters. The number of rotatable bonds is 5. The van der Waals surface area contributed by atoms with Gasteiger partial charge in [-0.25, -0.2) is 0 Å². The van der Waals surface area contributed by atoms with E-state index < -0.39 is 26.2 Å². The van der Waals surface area contributed by atoms with Crippen molar-refractivity contribution in [3.63, 3.8) is 0 Å². The molecule has 0 saturated heterocycles. The van der Waals surface area contributed by atoms with E-state index in [2.05, 4.69) is 37.3 Å². The maximum atomic E-state index is 5.93. The summed E-state index contributed by atoms with van der Waals surface area (Å²) in [6.45, 7) is 8.44. The fourth-order valence-electron chi connectivity index (χ4n) is 1.25. The molecule has 0 bridgehead atoms. The Kier molecular flexibility index (Phi) is 6.73. The topological polar surface area (TPSA) is 36.9 Å². The molecule has 4 nitrogen and oxygen atoms in total. The van der Waals surface area contributed by atoms with E-state index >= 15 is 0 Å². The zero-order valence-corrected chi connectivity index (χ0v) is 14.4. The van der Waals surface area contributed by atoms with Gasteiger partial charge in [0.05, 0.1) is 0 Å². The molecule has 0 aliphatic carbocycles. The van der Waals surface area contributed by atoms with Crippen LogP contribution in [0.3, 0.4) is 0 Å². The van der Waals surface area contributed by atoms with E-state index in [-0.39, 0.29) is 0 Å². The van der Waals surface area contributed by atoms with Crippen LogP contribution >= 0.6 is 0 Å². The molecule has 0 unspecified atom stereocenters. The van der Waals surface area contributed by atoms with Crippen molar-refractivity contribution < 1.29 is 17.4 Å². The summed E-state index contributed by atoms with van der Waals surface area (Å²) in [7, 11) is -1.09. The maximum absolute atomic E-state index is 5.93. The summed E-state index contributed by atoms with van der Waals surface area (Å²) in [4.78, 5) is 0. The molecule has 0 rings (SSSR count). The Hall–Kier alpha value is 0.0506. The SMILES string of the molecule is CO[Si](C#C[Si](C)(C)O[SiH](C)C)(OC)OC. The van der Waals surface area contributed by atoms with Gasteiger partial charge in [-0.3, -0.25) is 0 Å². The van der Waals surface area contributed by atoms with Crippen LogP contribution < -0.4 is 0 Å². The van der Waals surface area contributed by atoms with Gasteiger partial charge in [-0.1, -0.05) is 5.54 Å². The highest BCUT2D eigenvalue weighted by Crippen LogP contribution is 2.08. The molecule has 0 amide bonds. The van der Waals surface area contributed by atoms with Gasteiger partial charge >= 0.3 is 8.80 Å². The molecule has 0 aromatic rings. The van der Waals surface area contributed by atoms with Crippen LogP contribution in [0.4, 0.5) is 0 Å². The lowest BCUT2D eigenvalue weighted by molar-refractivity contribution is 0.141. The van der Waals surface area contributed by atoms with Gasteiger partial charge in [0.15, 0.2) is 9.04 Å². The molecule has 0 radical (unpaired) electrons. The lowest BCUT2D eigenvalue weighted by Gasteiger charge is -2.21. The monoisotopic (exact) mass is 278 g/mol. The highest BCUT2D eigenvalue weighted by molar-refractivity contribution is 6.85. The van der Waals surface area contributed by atoms with Crippen LogP contribution in [0, 0.1) is 11.1 Å². The summed E-state index contributed by atoms with van der Waals surface area (Å²) in [6.07, 6.45) is 0. The summed E-state index contributed by atoms with van der Waals surface area (Å²) < 4.78 is 21.6. The summed E-state index contributed by atoms with van der Waals surface area (Å²) in [5.74, 6) is 0. The molecule has 0 aliphatic rings. The first kappa shape index (κ1) is 16.1. The van der Waals surface area contributed by atoms with E-state index in [1.54, 1.807) is 21.3 Å². The molecule has 0 aromatic carbocycles. The molecular formula is C9H22O4Si3. The molecule has 16 heavy (non-hydrogen) atoms. The van der Waals surface area contributed by atoms with Gasteiger partial charge in [-0.15, -0.1) is 0 Å². The van der Waals surface area contributed by atoms with Crippen molar-refractivity contribution in [2.75, 3.05) is 21.3 Å². The van der Waals surface area contributed by atoms with Crippen molar-refractivity contribution in [3.05, 3.63) is 0 Å². The third-order valence-electron chi connectivity index (χ3n) is 1.85. The fraction of sp³-hybridized carbons (Fsp3) is 0.778. The van der Waals surface area contributed by atoms with Gasteiger partial charge < -0.3 is 17.4 Å². The van der Waals surface area contributed by atoms with E-state index in [1.807, 2.05) is 0 Å². The van der Waals surface area contributed by atoms with Crippen LogP contribution in [0.1, 0.15) is 0 Å². The van der Waals surface area contributed by atoms with Gasteiger partial charge in [0.1, 0.15) is 0 Å². The Morgan fingerprint density at radius 2 is 1.31 bits per heavy atom. The Bertz CT molecular complexity index is 257. The van der Waals surface area contributed by atoms with E-state index in [0.29, 0.717) is 0 Å². The van der Waals surface area contributed by atoms with Crippen molar-refractivity contribution in [2.24, 2.45) is 0 Å². The first-order valence-corrected chi connectivity index (χ1v) is 12.6. The molecule has 7 heteroatoms. The normalized spacial score (nSPS) is 12.5. The molecule has 94 valence electrons. The van der Waals surface area contributed by atoms with E-state index in [0.717, 1.165) is 0 Å². The summed E-state index contributed by atoms with van der Waals surface area (Å²) in [5.41, 5.74) is 6.18. The van der Waals surface area contributed by atoms with Gasteiger partial charge in [0, 0.05) is 21.3 Å². The van der Waals surface area contributed by atoms with Gasteiger partial charge in [0.2, 0.25) is 0 Å². The lowest BCUT2D eigenvalue weighted by atomic mass is 11.4. The third-order valence-corrected chi connectivity index (χ3v) is 9.12. The molecule has 0 heterocycles. The lowest BCUT2D eigenvalue weighted by Crippen LogP contribution is -2.43. The van der Waals surface area contributed by atoms with Crippen molar-refractivity contribution in [1.29, 1.82) is 0 Å². The van der Waals surface area contributed by atoms with E-state index in [9.17, 15) is 0 Å². The van der Waals surface area contributed by atoms with Crippen molar-refractivity contribution in [3.8, 4) is 11.1 Å². The second kappa shape index (κ2) is 6.71. The Morgan fingerprint density at radius 1 is 0.875 bits per heavy atom. The molecule has 0 fully saturated rings. The zero-order valence-electron chi connectivity index (χ0n) is 11.2. The number of hydrogen-bond donors (Lipinski definition) is 0. The minimum Gasteiger partial charge on any atom is -0.450 e.